The summed E-state index contributed by atoms with van der Waals surface area (Å²) in [5.74, 6) is 0.750. The molecule has 0 aliphatic heterocycles. The minimum absolute atomic E-state index is 0.206. The summed E-state index contributed by atoms with van der Waals surface area (Å²) in [6.07, 6.45) is 1.86. The molecule has 1 fully saturated rings. The van der Waals surface area contributed by atoms with Crippen LogP contribution < -0.4 is 0 Å². The second kappa shape index (κ2) is 3.48. The highest BCUT2D eigenvalue weighted by Crippen LogP contribution is 2.40. The molecule has 70 valence electrons. The first kappa shape index (κ1) is 8.73. The predicted octanol–water partition coefficient (Wildman–Crippen LogP) is 1.59. The second-order valence-corrected chi connectivity index (χ2v) is 3.64. The van der Waals surface area contributed by atoms with Crippen LogP contribution in [0.5, 0.6) is 0 Å². The molecule has 2 N–H and O–H groups in total. The van der Waals surface area contributed by atoms with E-state index in [9.17, 15) is 5.11 Å². The summed E-state index contributed by atoms with van der Waals surface area (Å²) in [6, 6.07) is 7.89. The molecule has 0 amide bonds. The van der Waals surface area contributed by atoms with Gasteiger partial charge in [-0.3, -0.25) is 0 Å². The lowest BCUT2D eigenvalue weighted by Gasteiger charge is -2.07. The normalized spacial score (nSPS) is 18.6. The zero-order valence-corrected chi connectivity index (χ0v) is 7.48. The lowest BCUT2D eigenvalue weighted by atomic mass is 10.1. The first-order valence-corrected chi connectivity index (χ1v) is 4.70. The minimum atomic E-state index is -0.728. The smallest absolute Gasteiger partial charge is 0.102 e. The molecular weight excluding hydrogens is 164 g/mol. The van der Waals surface area contributed by atoms with E-state index in [1.54, 1.807) is 0 Å². The third kappa shape index (κ3) is 1.90. The molecule has 2 nitrogen and oxygen atoms in total. The predicted molar refractivity (Wildman–Crippen MR) is 50.5 cm³/mol. The van der Waals surface area contributed by atoms with Crippen molar-refractivity contribution in [1.82, 2.24) is 0 Å². The largest absolute Gasteiger partial charge is 0.393 e. The minimum Gasteiger partial charge on any atom is -0.393 e. The summed E-state index contributed by atoms with van der Waals surface area (Å²) in [7, 11) is 0. The topological polar surface area (TPSA) is 40.5 Å². The molecule has 1 atom stereocenters. The van der Waals surface area contributed by atoms with Gasteiger partial charge in [-0.1, -0.05) is 24.3 Å². The highest BCUT2D eigenvalue weighted by molar-refractivity contribution is 5.29. The lowest BCUT2D eigenvalue weighted by Crippen LogP contribution is -2.01. The Morgan fingerprint density at radius 3 is 2.31 bits per heavy atom. The van der Waals surface area contributed by atoms with Gasteiger partial charge in [0.25, 0.3) is 0 Å². The van der Waals surface area contributed by atoms with Crippen molar-refractivity contribution in [3.8, 4) is 0 Å². The monoisotopic (exact) mass is 178 g/mol. The van der Waals surface area contributed by atoms with E-state index in [2.05, 4.69) is 0 Å². The first-order chi connectivity index (χ1) is 6.31. The highest BCUT2D eigenvalue weighted by Gasteiger charge is 2.23. The van der Waals surface area contributed by atoms with Crippen LogP contribution in [0.1, 0.15) is 36.0 Å². The Morgan fingerprint density at radius 2 is 1.85 bits per heavy atom. The molecule has 0 spiro atoms. The van der Waals surface area contributed by atoms with Crippen LogP contribution in [0.15, 0.2) is 24.3 Å². The number of hydrogen-bond donors (Lipinski definition) is 2. The Balaban J connectivity index is 2.12. The van der Waals surface area contributed by atoms with Crippen molar-refractivity contribution in [3.05, 3.63) is 35.4 Å². The number of aliphatic hydroxyl groups is 2. The Bertz CT molecular complexity index is 275. The average Bonchev–Trinajstić information content (AvgIpc) is 3.00. The van der Waals surface area contributed by atoms with E-state index in [0.717, 1.165) is 11.5 Å². The quantitative estimate of drug-likeness (QED) is 0.738. The van der Waals surface area contributed by atoms with E-state index in [1.807, 2.05) is 24.3 Å². The van der Waals surface area contributed by atoms with Gasteiger partial charge in [0.1, 0.15) is 6.10 Å². The fraction of sp³-hybridized carbons (Fsp3) is 0.455. The second-order valence-electron chi connectivity index (χ2n) is 3.64. The zero-order chi connectivity index (χ0) is 9.26. The molecule has 1 saturated carbocycles. The maximum Gasteiger partial charge on any atom is 0.102 e. The fourth-order valence-corrected chi connectivity index (χ4v) is 1.51. The van der Waals surface area contributed by atoms with Gasteiger partial charge in [-0.15, -0.1) is 0 Å². The Hall–Kier alpha value is -0.860. The SMILES string of the molecule is OCC(O)c1ccc(C2CC2)cc1. The van der Waals surface area contributed by atoms with E-state index in [1.165, 1.54) is 18.4 Å². The maximum atomic E-state index is 9.32. The summed E-state index contributed by atoms with van der Waals surface area (Å²) in [6.45, 7) is -0.206. The number of rotatable bonds is 3. The highest BCUT2D eigenvalue weighted by atomic mass is 16.3. The molecule has 13 heavy (non-hydrogen) atoms. The third-order valence-electron chi connectivity index (χ3n) is 2.54. The molecule has 1 aromatic carbocycles. The molecule has 1 aliphatic rings. The third-order valence-corrected chi connectivity index (χ3v) is 2.54. The van der Waals surface area contributed by atoms with E-state index in [-0.39, 0.29) is 6.61 Å². The van der Waals surface area contributed by atoms with Crippen LogP contribution in [0, 0.1) is 0 Å². The molecule has 2 heteroatoms. The van der Waals surface area contributed by atoms with Crippen LogP contribution in [0.25, 0.3) is 0 Å². The summed E-state index contributed by atoms with van der Waals surface area (Å²) >= 11 is 0. The van der Waals surface area contributed by atoms with Gasteiger partial charge in [0.15, 0.2) is 0 Å². The standard InChI is InChI=1S/C11H14O2/c12-7-11(13)10-5-3-9(4-6-10)8-1-2-8/h3-6,8,11-13H,1-2,7H2. The lowest BCUT2D eigenvalue weighted by molar-refractivity contribution is 0.0956. The number of hydrogen-bond acceptors (Lipinski definition) is 2. The van der Waals surface area contributed by atoms with Crippen LogP contribution in [0.2, 0.25) is 0 Å². The summed E-state index contributed by atoms with van der Waals surface area (Å²) < 4.78 is 0. The van der Waals surface area contributed by atoms with Crippen LogP contribution >= 0.6 is 0 Å². The van der Waals surface area contributed by atoms with Gasteiger partial charge in [-0.25, -0.2) is 0 Å². The van der Waals surface area contributed by atoms with Crippen LogP contribution in [-0.2, 0) is 0 Å². The van der Waals surface area contributed by atoms with Crippen molar-refractivity contribution in [1.29, 1.82) is 0 Å². The van der Waals surface area contributed by atoms with Crippen molar-refractivity contribution in [2.45, 2.75) is 24.9 Å². The van der Waals surface area contributed by atoms with Crippen molar-refractivity contribution in [3.63, 3.8) is 0 Å². The molecule has 0 aromatic heterocycles. The van der Waals surface area contributed by atoms with E-state index < -0.39 is 6.10 Å². The number of benzene rings is 1. The maximum absolute atomic E-state index is 9.32. The zero-order valence-electron chi connectivity index (χ0n) is 7.48. The molecule has 0 radical (unpaired) electrons. The molecule has 0 saturated heterocycles. The molecule has 0 heterocycles. The van der Waals surface area contributed by atoms with Gasteiger partial charge in [-0.05, 0) is 29.9 Å². The Labute approximate surface area is 77.8 Å². The molecule has 1 aliphatic carbocycles. The van der Waals surface area contributed by atoms with Gasteiger partial charge in [0, 0.05) is 0 Å². The number of aliphatic hydroxyl groups excluding tert-OH is 2. The van der Waals surface area contributed by atoms with Crippen molar-refractivity contribution >= 4 is 0 Å². The molecule has 2 rings (SSSR count). The first-order valence-electron chi connectivity index (χ1n) is 4.70. The Morgan fingerprint density at radius 1 is 1.23 bits per heavy atom. The van der Waals surface area contributed by atoms with Gasteiger partial charge < -0.3 is 10.2 Å². The summed E-state index contributed by atoms with van der Waals surface area (Å²) in [4.78, 5) is 0. The molecule has 1 unspecified atom stereocenters. The molecule has 1 aromatic rings. The van der Waals surface area contributed by atoms with E-state index in [4.69, 9.17) is 5.11 Å². The van der Waals surface area contributed by atoms with Crippen molar-refractivity contribution in [2.24, 2.45) is 0 Å². The molecular formula is C11H14O2. The summed E-state index contributed by atoms with van der Waals surface area (Å²) in [5.41, 5.74) is 2.15. The summed E-state index contributed by atoms with van der Waals surface area (Å²) in [5, 5.41) is 18.1. The molecule has 0 bridgehead atoms. The van der Waals surface area contributed by atoms with Crippen molar-refractivity contribution in [2.75, 3.05) is 6.61 Å². The van der Waals surface area contributed by atoms with Gasteiger partial charge in [0.05, 0.1) is 6.61 Å². The van der Waals surface area contributed by atoms with Crippen LogP contribution in [-0.4, -0.2) is 16.8 Å². The van der Waals surface area contributed by atoms with Gasteiger partial charge in [-0.2, -0.15) is 0 Å². The van der Waals surface area contributed by atoms with Crippen LogP contribution in [0.4, 0.5) is 0 Å². The van der Waals surface area contributed by atoms with Crippen LogP contribution in [0.3, 0.4) is 0 Å². The average molecular weight is 178 g/mol. The Kier molecular flexibility index (Phi) is 2.34. The fourth-order valence-electron chi connectivity index (χ4n) is 1.51. The van der Waals surface area contributed by atoms with Gasteiger partial charge >= 0.3 is 0 Å². The van der Waals surface area contributed by atoms with Gasteiger partial charge in [0.2, 0.25) is 0 Å². The van der Waals surface area contributed by atoms with E-state index >= 15 is 0 Å². The van der Waals surface area contributed by atoms with Crippen molar-refractivity contribution < 1.29 is 10.2 Å². The van der Waals surface area contributed by atoms with E-state index in [0.29, 0.717) is 0 Å².